The summed E-state index contributed by atoms with van der Waals surface area (Å²) in [5, 5.41) is 20.3. The lowest BCUT2D eigenvalue weighted by atomic mass is 9.79. The van der Waals surface area contributed by atoms with Crippen LogP contribution in [0.25, 0.3) is 0 Å². The van der Waals surface area contributed by atoms with E-state index in [1.807, 2.05) is 24.3 Å². The third-order valence-corrected chi connectivity index (χ3v) is 4.64. The second kappa shape index (κ2) is 7.14. The second-order valence-electron chi connectivity index (χ2n) is 5.56. The number of hydrogen-bond donors (Lipinski definition) is 2. The fourth-order valence-electron chi connectivity index (χ4n) is 3.27. The molecule has 1 aromatic rings. The van der Waals surface area contributed by atoms with Crippen LogP contribution in [-0.4, -0.2) is 33.5 Å². The highest BCUT2D eigenvalue weighted by atomic mass is 35.5. The first kappa shape index (κ1) is 16.1. The number of aliphatic hydroxyl groups is 1. The van der Waals surface area contributed by atoms with Crippen molar-refractivity contribution in [2.75, 3.05) is 0 Å². The molecule has 5 heteroatoms. The number of amides is 1. The van der Waals surface area contributed by atoms with Gasteiger partial charge in [0.1, 0.15) is 6.23 Å². The molecule has 3 atom stereocenters. The molecule has 21 heavy (non-hydrogen) atoms. The van der Waals surface area contributed by atoms with Crippen molar-refractivity contribution < 1.29 is 15.0 Å². The lowest BCUT2D eigenvalue weighted by molar-refractivity contribution is -0.0274. The van der Waals surface area contributed by atoms with E-state index in [2.05, 4.69) is 0 Å². The van der Waals surface area contributed by atoms with Crippen molar-refractivity contribution in [1.29, 1.82) is 0 Å². The topological polar surface area (TPSA) is 60.8 Å². The Labute approximate surface area is 130 Å². The molecule has 0 heterocycles. The SMILES string of the molecule is CCC(O)N(C(=O)O)[C@@H]1CCCC[C@@H]1c1ccccc1Cl. The Morgan fingerprint density at radius 1 is 1.38 bits per heavy atom. The zero-order chi connectivity index (χ0) is 15.4. The molecule has 1 aromatic carbocycles. The Bertz CT molecular complexity index is 494. The molecule has 116 valence electrons. The molecule has 0 spiro atoms. The highest BCUT2D eigenvalue weighted by molar-refractivity contribution is 6.31. The standard InChI is InChI=1S/C16H22ClNO3/c1-2-15(19)18(16(20)21)14-10-6-4-8-12(14)11-7-3-5-9-13(11)17/h3,5,7,9,12,14-15,19H,2,4,6,8,10H2,1H3,(H,20,21)/t12-,14-,15?/m1/s1. The van der Waals surface area contributed by atoms with Crippen molar-refractivity contribution in [2.45, 2.75) is 57.2 Å². The summed E-state index contributed by atoms with van der Waals surface area (Å²) in [5.74, 6) is 0.0461. The van der Waals surface area contributed by atoms with Crippen LogP contribution in [0.5, 0.6) is 0 Å². The van der Waals surface area contributed by atoms with Gasteiger partial charge in [0.2, 0.25) is 0 Å². The zero-order valence-corrected chi connectivity index (χ0v) is 13.0. The smallest absolute Gasteiger partial charge is 0.409 e. The molecule has 4 nitrogen and oxygen atoms in total. The molecule has 0 bridgehead atoms. The lowest BCUT2D eigenvalue weighted by Gasteiger charge is -2.41. The number of aliphatic hydroxyl groups excluding tert-OH is 1. The van der Waals surface area contributed by atoms with E-state index in [0.29, 0.717) is 11.4 Å². The maximum atomic E-state index is 11.6. The molecular formula is C16H22ClNO3. The Hall–Kier alpha value is -1.26. The molecule has 0 radical (unpaired) electrons. The van der Waals surface area contributed by atoms with Gasteiger partial charge in [-0.2, -0.15) is 0 Å². The normalized spacial score (nSPS) is 23.6. The van der Waals surface area contributed by atoms with Crippen LogP contribution in [0.2, 0.25) is 5.02 Å². The summed E-state index contributed by atoms with van der Waals surface area (Å²) in [6.45, 7) is 1.79. The Balaban J connectivity index is 2.34. The van der Waals surface area contributed by atoms with Gasteiger partial charge in [0.15, 0.2) is 0 Å². The van der Waals surface area contributed by atoms with Gasteiger partial charge in [-0.15, -0.1) is 0 Å². The molecule has 1 fully saturated rings. The number of hydrogen-bond acceptors (Lipinski definition) is 2. The minimum absolute atomic E-state index is 0.0461. The summed E-state index contributed by atoms with van der Waals surface area (Å²) in [4.78, 5) is 12.8. The summed E-state index contributed by atoms with van der Waals surface area (Å²) < 4.78 is 0. The van der Waals surface area contributed by atoms with Crippen molar-refractivity contribution in [3.8, 4) is 0 Å². The van der Waals surface area contributed by atoms with Gasteiger partial charge in [-0.25, -0.2) is 4.79 Å². The predicted octanol–water partition coefficient (Wildman–Crippen LogP) is 4.07. The average Bonchev–Trinajstić information content (AvgIpc) is 2.48. The van der Waals surface area contributed by atoms with Gasteiger partial charge in [0.05, 0.1) is 0 Å². The second-order valence-corrected chi connectivity index (χ2v) is 5.97. The summed E-state index contributed by atoms with van der Waals surface area (Å²) in [7, 11) is 0. The number of benzene rings is 1. The number of carboxylic acid groups (broad SMARTS) is 1. The molecular weight excluding hydrogens is 290 g/mol. The fourth-order valence-corrected chi connectivity index (χ4v) is 3.55. The first-order valence-electron chi connectivity index (χ1n) is 7.50. The van der Waals surface area contributed by atoms with Gasteiger partial charge in [-0.05, 0) is 30.9 Å². The van der Waals surface area contributed by atoms with Crippen LogP contribution in [0.3, 0.4) is 0 Å². The monoisotopic (exact) mass is 311 g/mol. The van der Waals surface area contributed by atoms with E-state index in [9.17, 15) is 15.0 Å². The Kier molecular flexibility index (Phi) is 5.48. The minimum Gasteiger partial charge on any atom is -0.465 e. The summed E-state index contributed by atoms with van der Waals surface area (Å²) in [6.07, 6.45) is 2.06. The number of halogens is 1. The summed E-state index contributed by atoms with van der Waals surface area (Å²) in [6, 6.07) is 7.38. The fraction of sp³-hybridized carbons (Fsp3) is 0.562. The molecule has 1 saturated carbocycles. The van der Waals surface area contributed by atoms with Crippen LogP contribution >= 0.6 is 11.6 Å². The maximum Gasteiger partial charge on any atom is 0.409 e. The van der Waals surface area contributed by atoms with Crippen LogP contribution in [0.4, 0.5) is 4.79 Å². The highest BCUT2D eigenvalue weighted by Crippen LogP contribution is 2.39. The van der Waals surface area contributed by atoms with E-state index < -0.39 is 12.3 Å². The van der Waals surface area contributed by atoms with Gasteiger partial charge in [0, 0.05) is 17.0 Å². The van der Waals surface area contributed by atoms with E-state index in [1.165, 1.54) is 4.90 Å². The molecule has 0 saturated heterocycles. The van der Waals surface area contributed by atoms with Crippen LogP contribution in [0, 0.1) is 0 Å². The van der Waals surface area contributed by atoms with Crippen molar-refractivity contribution in [1.82, 2.24) is 4.90 Å². The molecule has 0 aromatic heterocycles. The molecule has 1 amide bonds. The predicted molar refractivity (Wildman–Crippen MR) is 82.6 cm³/mol. The van der Waals surface area contributed by atoms with Gasteiger partial charge in [0.25, 0.3) is 0 Å². The van der Waals surface area contributed by atoms with Crippen LogP contribution in [-0.2, 0) is 0 Å². The van der Waals surface area contributed by atoms with E-state index in [4.69, 9.17) is 11.6 Å². The number of rotatable bonds is 4. The van der Waals surface area contributed by atoms with Crippen LogP contribution < -0.4 is 0 Å². The third-order valence-electron chi connectivity index (χ3n) is 4.30. The van der Waals surface area contributed by atoms with Crippen LogP contribution in [0.15, 0.2) is 24.3 Å². The molecule has 1 aliphatic carbocycles. The first-order valence-corrected chi connectivity index (χ1v) is 7.87. The zero-order valence-electron chi connectivity index (χ0n) is 12.2. The van der Waals surface area contributed by atoms with Gasteiger partial charge >= 0.3 is 6.09 Å². The van der Waals surface area contributed by atoms with E-state index in [0.717, 1.165) is 31.2 Å². The van der Waals surface area contributed by atoms with E-state index in [1.54, 1.807) is 6.92 Å². The molecule has 0 aliphatic heterocycles. The van der Waals surface area contributed by atoms with Gasteiger partial charge in [-0.3, -0.25) is 4.90 Å². The lowest BCUT2D eigenvalue weighted by Crippen LogP contribution is -2.50. The third kappa shape index (κ3) is 3.50. The molecule has 1 aliphatic rings. The van der Waals surface area contributed by atoms with Crippen molar-refractivity contribution in [3.63, 3.8) is 0 Å². The largest absolute Gasteiger partial charge is 0.465 e. The molecule has 2 rings (SSSR count). The van der Waals surface area contributed by atoms with Crippen molar-refractivity contribution in [3.05, 3.63) is 34.9 Å². The summed E-state index contributed by atoms with van der Waals surface area (Å²) >= 11 is 6.29. The van der Waals surface area contributed by atoms with E-state index in [-0.39, 0.29) is 12.0 Å². The maximum absolute atomic E-state index is 11.6. The highest BCUT2D eigenvalue weighted by Gasteiger charge is 2.37. The van der Waals surface area contributed by atoms with Gasteiger partial charge in [-0.1, -0.05) is 49.6 Å². The quantitative estimate of drug-likeness (QED) is 0.824. The molecule has 1 unspecified atom stereocenters. The summed E-state index contributed by atoms with van der Waals surface area (Å²) in [5.41, 5.74) is 0.985. The minimum atomic E-state index is -1.06. The van der Waals surface area contributed by atoms with Gasteiger partial charge < -0.3 is 10.2 Å². The first-order chi connectivity index (χ1) is 10.1. The van der Waals surface area contributed by atoms with Crippen molar-refractivity contribution >= 4 is 17.7 Å². The number of carbonyl (C=O) groups is 1. The number of nitrogens with zero attached hydrogens (tertiary/aromatic N) is 1. The average molecular weight is 312 g/mol. The van der Waals surface area contributed by atoms with E-state index >= 15 is 0 Å². The Morgan fingerprint density at radius 3 is 2.67 bits per heavy atom. The Morgan fingerprint density at radius 2 is 2.05 bits per heavy atom. The van der Waals surface area contributed by atoms with Crippen molar-refractivity contribution in [2.24, 2.45) is 0 Å². The van der Waals surface area contributed by atoms with Crippen LogP contribution in [0.1, 0.15) is 50.5 Å². The molecule has 2 N–H and O–H groups in total.